The van der Waals surface area contributed by atoms with Gasteiger partial charge in [-0.25, -0.2) is 0 Å². The minimum Gasteiger partial charge on any atom is -0.356 e. The van der Waals surface area contributed by atoms with Gasteiger partial charge in [-0.3, -0.25) is 0 Å². The summed E-state index contributed by atoms with van der Waals surface area (Å²) in [5.41, 5.74) is 11.6. The number of aryl methyl sites for hydroxylation is 1. The van der Waals surface area contributed by atoms with Crippen LogP contribution in [0.15, 0.2) is 120 Å². The Balaban J connectivity index is 1.62. The molecule has 4 aliphatic rings. The molecule has 0 saturated heterocycles. The minimum absolute atomic E-state index is 0.345. The monoisotopic (exact) mass is 525 g/mol. The molecule has 0 fully saturated rings. The first-order valence-corrected chi connectivity index (χ1v) is 17.8. The van der Waals surface area contributed by atoms with E-state index in [9.17, 15) is 0 Å². The maximum Gasteiger partial charge on any atom is 0.104 e. The molecule has 0 radical (unpaired) electrons. The summed E-state index contributed by atoms with van der Waals surface area (Å²) in [5.74, 6) is 0.563. The van der Waals surface area contributed by atoms with Gasteiger partial charge < -0.3 is 4.90 Å². The van der Waals surface area contributed by atoms with Gasteiger partial charge in [0.15, 0.2) is 0 Å². The Kier molecular flexibility index (Phi) is 5.75. The standard InChI is InChI=1S/C37H39NSi/c1-26-24-33-31(35(26)39(3)4)19-12-22-36(33,30-17-6-5-7-18-30)37(27(2)25-29-15-8-10-20-32(29)37)38-23-13-16-28-14-9-11-21-34(28)38/h5-12,14-15,17-22,24-26,35,39H,13,16,23H2,1-4H3. The predicted molar refractivity (Wildman–Crippen MR) is 169 cm³/mol. The molecule has 39 heavy (non-hydrogen) atoms. The van der Waals surface area contributed by atoms with Crippen molar-refractivity contribution >= 4 is 20.6 Å². The molecule has 0 spiro atoms. The summed E-state index contributed by atoms with van der Waals surface area (Å²) in [5, 5.41) is 0. The largest absolute Gasteiger partial charge is 0.356 e. The first-order valence-electron chi connectivity index (χ1n) is 14.8. The highest BCUT2D eigenvalue weighted by molar-refractivity contribution is 6.58. The number of hydrogen-bond donors (Lipinski definition) is 0. The van der Waals surface area contributed by atoms with Crippen molar-refractivity contribution in [3.63, 3.8) is 0 Å². The summed E-state index contributed by atoms with van der Waals surface area (Å²) in [6, 6.07) is 29.8. The maximum atomic E-state index is 2.81. The average molecular weight is 526 g/mol. The molecular formula is C37H39NSi. The SMILES string of the molecule is CC1=Cc2ccccc2C1(N1CCCc2ccccc21)C1(c2ccccc2)C=CC=C2C1=CC(C)C2[SiH](C)C. The summed E-state index contributed by atoms with van der Waals surface area (Å²) in [7, 11) is -0.937. The first-order chi connectivity index (χ1) is 19.0. The smallest absolute Gasteiger partial charge is 0.104 e. The summed E-state index contributed by atoms with van der Waals surface area (Å²) in [6.45, 7) is 11.0. The molecule has 4 unspecified atom stereocenters. The average Bonchev–Trinajstić information content (AvgIpc) is 3.46. The van der Waals surface area contributed by atoms with Crippen molar-refractivity contribution in [1.29, 1.82) is 0 Å². The second-order valence-electron chi connectivity index (χ2n) is 12.4. The molecule has 3 aromatic rings. The zero-order chi connectivity index (χ0) is 26.8. The Morgan fingerprint density at radius 1 is 0.897 bits per heavy atom. The van der Waals surface area contributed by atoms with E-state index < -0.39 is 8.80 Å². The molecule has 0 amide bonds. The quantitative estimate of drug-likeness (QED) is 0.308. The second-order valence-corrected chi connectivity index (χ2v) is 15.6. The summed E-state index contributed by atoms with van der Waals surface area (Å²) in [6.07, 6.45) is 14.9. The number of hydrogen-bond acceptors (Lipinski definition) is 1. The van der Waals surface area contributed by atoms with Gasteiger partial charge in [0, 0.05) is 21.0 Å². The Morgan fingerprint density at radius 2 is 1.64 bits per heavy atom. The Morgan fingerprint density at radius 3 is 2.46 bits per heavy atom. The number of benzene rings is 3. The van der Waals surface area contributed by atoms with Crippen LogP contribution in [0.4, 0.5) is 5.69 Å². The van der Waals surface area contributed by atoms with Gasteiger partial charge in [0.2, 0.25) is 0 Å². The van der Waals surface area contributed by atoms with E-state index in [0.29, 0.717) is 11.5 Å². The normalized spacial score (nSPS) is 28.9. The van der Waals surface area contributed by atoms with Crippen LogP contribution in [0, 0.1) is 5.92 Å². The highest BCUT2D eigenvalue weighted by atomic mass is 28.3. The van der Waals surface area contributed by atoms with E-state index in [1.165, 1.54) is 39.9 Å². The summed E-state index contributed by atoms with van der Waals surface area (Å²) < 4.78 is 0. The van der Waals surface area contributed by atoms with Crippen LogP contribution >= 0.6 is 0 Å². The Hall–Kier alpha value is -3.36. The lowest BCUT2D eigenvalue weighted by Gasteiger charge is -2.59. The van der Waals surface area contributed by atoms with Crippen LogP contribution in [0.1, 0.15) is 42.5 Å². The van der Waals surface area contributed by atoms with Gasteiger partial charge >= 0.3 is 0 Å². The number of allylic oxidation sites excluding steroid dienone is 4. The fourth-order valence-electron chi connectivity index (χ4n) is 8.79. The summed E-state index contributed by atoms with van der Waals surface area (Å²) >= 11 is 0. The van der Waals surface area contributed by atoms with E-state index in [1.54, 1.807) is 11.1 Å². The highest BCUT2D eigenvalue weighted by Crippen LogP contribution is 2.65. The van der Waals surface area contributed by atoms with E-state index in [2.05, 4.69) is 141 Å². The molecule has 196 valence electrons. The zero-order valence-corrected chi connectivity index (χ0v) is 24.8. The van der Waals surface area contributed by atoms with Gasteiger partial charge in [-0.05, 0) is 76.3 Å². The second kappa shape index (κ2) is 9.10. The van der Waals surface area contributed by atoms with Gasteiger partial charge in [-0.1, -0.05) is 123 Å². The fraction of sp³-hybridized carbons (Fsp3) is 0.297. The predicted octanol–water partition coefficient (Wildman–Crippen LogP) is 8.62. The fourth-order valence-corrected chi connectivity index (χ4v) is 11.1. The van der Waals surface area contributed by atoms with Crippen LogP contribution in [0.2, 0.25) is 18.6 Å². The van der Waals surface area contributed by atoms with Crippen molar-refractivity contribution in [3.8, 4) is 0 Å². The van der Waals surface area contributed by atoms with Crippen molar-refractivity contribution in [2.45, 2.75) is 56.3 Å². The van der Waals surface area contributed by atoms with E-state index in [0.717, 1.165) is 13.0 Å². The van der Waals surface area contributed by atoms with Crippen LogP contribution in [0.5, 0.6) is 0 Å². The van der Waals surface area contributed by atoms with Gasteiger partial charge in [-0.2, -0.15) is 0 Å². The van der Waals surface area contributed by atoms with Crippen LogP contribution in [0.3, 0.4) is 0 Å². The number of nitrogens with zero attached hydrogens (tertiary/aromatic N) is 1. The van der Waals surface area contributed by atoms with Crippen molar-refractivity contribution < 1.29 is 0 Å². The molecule has 0 N–H and O–H groups in total. The van der Waals surface area contributed by atoms with Gasteiger partial charge in [-0.15, -0.1) is 0 Å². The first kappa shape index (κ1) is 24.7. The molecule has 3 aliphatic carbocycles. The molecule has 1 nitrogen and oxygen atoms in total. The van der Waals surface area contributed by atoms with E-state index in [-0.39, 0.29) is 11.0 Å². The molecule has 2 heteroatoms. The van der Waals surface area contributed by atoms with Crippen LogP contribution < -0.4 is 4.90 Å². The molecule has 0 aromatic heterocycles. The lowest BCUT2D eigenvalue weighted by atomic mass is 9.54. The van der Waals surface area contributed by atoms with Crippen LogP contribution in [-0.2, 0) is 17.4 Å². The molecule has 1 aliphatic heterocycles. The van der Waals surface area contributed by atoms with Gasteiger partial charge in [0.25, 0.3) is 0 Å². The van der Waals surface area contributed by atoms with Crippen LogP contribution in [0.25, 0.3) is 6.08 Å². The molecule has 1 heterocycles. The molecular weight excluding hydrogens is 487 g/mol. The van der Waals surface area contributed by atoms with Crippen molar-refractivity contribution in [1.82, 2.24) is 0 Å². The topological polar surface area (TPSA) is 3.24 Å². The van der Waals surface area contributed by atoms with Crippen molar-refractivity contribution in [3.05, 3.63) is 142 Å². The van der Waals surface area contributed by atoms with E-state index in [1.807, 2.05) is 0 Å². The molecule has 7 rings (SSSR count). The Bertz CT molecular complexity index is 1560. The number of para-hydroxylation sites is 1. The highest BCUT2D eigenvalue weighted by Gasteiger charge is 2.63. The Labute approximate surface area is 235 Å². The minimum atomic E-state index is -0.937. The number of fused-ring (bicyclic) bond motifs is 3. The maximum absolute atomic E-state index is 2.81. The molecule has 0 bridgehead atoms. The van der Waals surface area contributed by atoms with Crippen molar-refractivity contribution in [2.75, 3.05) is 11.4 Å². The number of rotatable bonds is 4. The summed E-state index contributed by atoms with van der Waals surface area (Å²) in [4.78, 5) is 2.81. The van der Waals surface area contributed by atoms with E-state index >= 15 is 0 Å². The zero-order valence-electron chi connectivity index (χ0n) is 23.7. The number of anilines is 1. The third-order valence-corrected chi connectivity index (χ3v) is 12.4. The lowest BCUT2D eigenvalue weighted by Crippen LogP contribution is -2.62. The third-order valence-electron chi connectivity index (χ3n) is 10.0. The lowest BCUT2D eigenvalue weighted by molar-refractivity contribution is 0.335. The van der Waals surface area contributed by atoms with Gasteiger partial charge in [0.05, 0.1) is 5.41 Å². The molecule has 3 aromatic carbocycles. The van der Waals surface area contributed by atoms with Gasteiger partial charge in [0.1, 0.15) is 5.54 Å². The van der Waals surface area contributed by atoms with E-state index in [4.69, 9.17) is 0 Å². The van der Waals surface area contributed by atoms with Crippen LogP contribution in [-0.4, -0.2) is 15.3 Å². The molecule has 0 saturated carbocycles. The third kappa shape index (κ3) is 3.24. The molecule has 4 atom stereocenters. The van der Waals surface area contributed by atoms with Crippen molar-refractivity contribution in [2.24, 2.45) is 5.92 Å².